The average Bonchev–Trinajstić information content (AvgIpc) is 2.96. The molecule has 1 saturated heterocycles. The molecule has 0 bridgehead atoms. The smallest absolute Gasteiger partial charge is 0.146 e. The molecule has 5 heteroatoms. The van der Waals surface area contributed by atoms with Crippen LogP contribution in [0.5, 0.6) is 0 Å². The Balaban J connectivity index is 1.85. The highest BCUT2D eigenvalue weighted by Crippen LogP contribution is 2.27. The Hall–Kier alpha value is -1.20. The summed E-state index contributed by atoms with van der Waals surface area (Å²) in [5, 5.41) is 6.37. The molecule has 1 fully saturated rings. The van der Waals surface area contributed by atoms with E-state index < -0.39 is 0 Å². The quantitative estimate of drug-likeness (QED) is 0.936. The second-order valence-corrected chi connectivity index (χ2v) is 6.42. The lowest BCUT2D eigenvalue weighted by molar-refractivity contribution is 0.308. The lowest BCUT2D eigenvalue weighted by atomic mass is 10.0. The highest BCUT2D eigenvalue weighted by Gasteiger charge is 2.26. The molecule has 3 rings (SSSR count). The molecule has 1 N–H and O–H groups in total. The minimum Gasteiger partial charge on any atom is -0.372 e. The summed E-state index contributed by atoms with van der Waals surface area (Å²) in [7, 11) is 1.92. The monoisotopic (exact) mass is 276 g/mol. The van der Waals surface area contributed by atoms with Crippen LogP contribution in [0.2, 0.25) is 0 Å². The molecule has 4 nitrogen and oxygen atoms in total. The van der Waals surface area contributed by atoms with Gasteiger partial charge in [0.1, 0.15) is 16.5 Å². The maximum Gasteiger partial charge on any atom is 0.146 e. The predicted octanol–water partition coefficient (Wildman–Crippen LogP) is 2.82. The minimum atomic E-state index is 0.772. The third-order valence-corrected chi connectivity index (χ3v) is 4.84. The van der Waals surface area contributed by atoms with Crippen LogP contribution in [0.25, 0.3) is 10.2 Å². The number of anilines is 1. The van der Waals surface area contributed by atoms with E-state index in [9.17, 15) is 0 Å². The Morgan fingerprint density at radius 2 is 2.05 bits per heavy atom. The molecule has 0 aromatic carbocycles. The Bertz CT molecular complexity index is 570. The molecule has 102 valence electrons. The van der Waals surface area contributed by atoms with Gasteiger partial charge in [-0.05, 0) is 23.3 Å². The maximum absolute atomic E-state index is 4.68. The van der Waals surface area contributed by atoms with Crippen LogP contribution < -0.4 is 5.32 Å². The Morgan fingerprint density at radius 1 is 1.32 bits per heavy atom. The van der Waals surface area contributed by atoms with E-state index in [1.54, 1.807) is 11.3 Å². The second kappa shape index (κ2) is 5.06. The first-order valence-electron chi connectivity index (χ1n) is 6.81. The van der Waals surface area contributed by atoms with E-state index in [0.717, 1.165) is 53.3 Å². The molecule has 0 saturated carbocycles. The molecular weight excluding hydrogens is 256 g/mol. The van der Waals surface area contributed by atoms with E-state index in [4.69, 9.17) is 0 Å². The van der Waals surface area contributed by atoms with Gasteiger partial charge in [0.05, 0.1) is 11.9 Å². The van der Waals surface area contributed by atoms with E-state index >= 15 is 0 Å². The molecule has 2 aromatic heterocycles. The van der Waals surface area contributed by atoms with Crippen LogP contribution in [0, 0.1) is 11.8 Å². The summed E-state index contributed by atoms with van der Waals surface area (Å²) in [5.41, 5.74) is 0. The lowest BCUT2D eigenvalue weighted by Crippen LogP contribution is -2.21. The van der Waals surface area contributed by atoms with Crippen molar-refractivity contribution in [2.75, 3.05) is 25.5 Å². The minimum absolute atomic E-state index is 0.772. The van der Waals surface area contributed by atoms with Gasteiger partial charge in [0, 0.05) is 20.1 Å². The number of aromatic nitrogens is 2. The van der Waals surface area contributed by atoms with Crippen LogP contribution in [0.1, 0.15) is 19.7 Å². The van der Waals surface area contributed by atoms with Crippen molar-refractivity contribution in [3.05, 3.63) is 17.3 Å². The first kappa shape index (κ1) is 12.8. The van der Waals surface area contributed by atoms with Crippen molar-refractivity contribution < 1.29 is 0 Å². The van der Waals surface area contributed by atoms with E-state index in [0.29, 0.717) is 0 Å². The van der Waals surface area contributed by atoms with Gasteiger partial charge in [0.15, 0.2) is 0 Å². The molecule has 2 atom stereocenters. The normalized spacial score (nSPS) is 24.2. The van der Waals surface area contributed by atoms with E-state index in [1.165, 1.54) is 0 Å². The number of rotatable bonds is 3. The summed E-state index contributed by atoms with van der Waals surface area (Å²) in [4.78, 5) is 12.9. The summed E-state index contributed by atoms with van der Waals surface area (Å²) in [6.07, 6.45) is 0. The third kappa shape index (κ3) is 2.44. The zero-order valence-corrected chi connectivity index (χ0v) is 12.5. The van der Waals surface area contributed by atoms with Gasteiger partial charge in [-0.2, -0.15) is 0 Å². The van der Waals surface area contributed by atoms with Gasteiger partial charge in [-0.25, -0.2) is 9.97 Å². The van der Waals surface area contributed by atoms with Crippen LogP contribution in [0.4, 0.5) is 5.82 Å². The molecule has 2 aromatic rings. The highest BCUT2D eigenvalue weighted by molar-refractivity contribution is 7.16. The highest BCUT2D eigenvalue weighted by atomic mass is 32.1. The first-order valence-corrected chi connectivity index (χ1v) is 7.69. The summed E-state index contributed by atoms with van der Waals surface area (Å²) < 4.78 is 0. The zero-order valence-electron chi connectivity index (χ0n) is 11.7. The molecule has 0 radical (unpaired) electrons. The van der Waals surface area contributed by atoms with E-state index in [-0.39, 0.29) is 0 Å². The number of thiophene rings is 1. The van der Waals surface area contributed by atoms with E-state index in [2.05, 4.69) is 45.5 Å². The fourth-order valence-electron chi connectivity index (χ4n) is 2.74. The fraction of sp³-hybridized carbons (Fsp3) is 0.571. The van der Waals surface area contributed by atoms with Crippen molar-refractivity contribution >= 4 is 27.4 Å². The number of hydrogen-bond acceptors (Lipinski definition) is 5. The number of hydrogen-bond donors (Lipinski definition) is 1. The van der Waals surface area contributed by atoms with Crippen molar-refractivity contribution in [3.63, 3.8) is 0 Å². The van der Waals surface area contributed by atoms with Crippen LogP contribution >= 0.6 is 11.3 Å². The fourth-order valence-corrected chi connectivity index (χ4v) is 3.52. The first-order chi connectivity index (χ1) is 9.17. The predicted molar refractivity (Wildman–Crippen MR) is 80.6 cm³/mol. The van der Waals surface area contributed by atoms with Gasteiger partial charge in [-0.15, -0.1) is 11.3 Å². The SMILES string of the molecule is CNc1nc(CN2CC(C)C(C)C2)nc2sccc12. The topological polar surface area (TPSA) is 41.1 Å². The van der Waals surface area contributed by atoms with Gasteiger partial charge < -0.3 is 5.32 Å². The molecule has 1 aliphatic rings. The zero-order chi connectivity index (χ0) is 13.4. The average molecular weight is 276 g/mol. The number of nitrogens with zero attached hydrogens (tertiary/aromatic N) is 3. The number of likely N-dealkylation sites (tertiary alicyclic amines) is 1. The summed E-state index contributed by atoms with van der Waals surface area (Å²) >= 11 is 1.68. The summed E-state index contributed by atoms with van der Waals surface area (Å²) in [6, 6.07) is 2.08. The Kier molecular flexibility index (Phi) is 3.41. The van der Waals surface area contributed by atoms with Gasteiger partial charge in [0.2, 0.25) is 0 Å². The molecular formula is C14H20N4S. The summed E-state index contributed by atoms with van der Waals surface area (Å²) in [5.74, 6) is 3.42. The van der Waals surface area contributed by atoms with Gasteiger partial charge >= 0.3 is 0 Å². The third-order valence-electron chi connectivity index (χ3n) is 4.04. The van der Waals surface area contributed by atoms with Crippen LogP contribution in [-0.2, 0) is 6.54 Å². The van der Waals surface area contributed by atoms with Gasteiger partial charge in [-0.3, -0.25) is 4.90 Å². The Morgan fingerprint density at radius 3 is 2.74 bits per heavy atom. The lowest BCUT2D eigenvalue weighted by Gasteiger charge is -2.14. The Labute approximate surface area is 117 Å². The van der Waals surface area contributed by atoms with Crippen molar-refractivity contribution in [2.24, 2.45) is 11.8 Å². The van der Waals surface area contributed by atoms with Crippen molar-refractivity contribution in [2.45, 2.75) is 20.4 Å². The van der Waals surface area contributed by atoms with Gasteiger partial charge in [0.25, 0.3) is 0 Å². The maximum atomic E-state index is 4.68. The van der Waals surface area contributed by atoms with Crippen molar-refractivity contribution in [1.29, 1.82) is 0 Å². The molecule has 19 heavy (non-hydrogen) atoms. The number of fused-ring (bicyclic) bond motifs is 1. The molecule has 0 aliphatic carbocycles. The second-order valence-electron chi connectivity index (χ2n) is 5.53. The molecule has 1 aliphatic heterocycles. The molecule has 0 spiro atoms. The number of nitrogens with one attached hydrogen (secondary N) is 1. The standard InChI is InChI=1S/C14H20N4S/c1-9-6-18(7-10(9)2)8-12-16-13(15-3)11-4-5-19-14(11)17-12/h4-5,9-10H,6-8H2,1-3H3,(H,15,16,17). The largest absolute Gasteiger partial charge is 0.372 e. The van der Waals surface area contributed by atoms with Crippen molar-refractivity contribution in [1.82, 2.24) is 14.9 Å². The van der Waals surface area contributed by atoms with E-state index in [1.807, 2.05) is 7.05 Å². The van der Waals surface area contributed by atoms with Crippen molar-refractivity contribution in [3.8, 4) is 0 Å². The molecule has 0 amide bonds. The van der Waals surface area contributed by atoms with Crippen LogP contribution in [0.3, 0.4) is 0 Å². The van der Waals surface area contributed by atoms with Gasteiger partial charge in [-0.1, -0.05) is 13.8 Å². The molecule has 2 unspecified atom stereocenters. The van der Waals surface area contributed by atoms with Crippen LogP contribution in [-0.4, -0.2) is 35.0 Å². The molecule has 3 heterocycles. The van der Waals surface area contributed by atoms with Crippen LogP contribution in [0.15, 0.2) is 11.4 Å². The summed E-state index contributed by atoms with van der Waals surface area (Å²) in [6.45, 7) is 7.82.